The molecule has 0 spiro atoms. The summed E-state index contributed by atoms with van der Waals surface area (Å²) in [5.41, 5.74) is 0.674. The van der Waals surface area contributed by atoms with Crippen molar-refractivity contribution in [3.63, 3.8) is 0 Å². The summed E-state index contributed by atoms with van der Waals surface area (Å²) < 4.78 is 10.8. The number of carbonyl (C=O) groups excluding carboxylic acids is 2. The molecule has 0 aromatic carbocycles. The molecule has 0 aliphatic carbocycles. The number of rotatable bonds is 7. The first-order valence-corrected chi connectivity index (χ1v) is 9.16. The maximum absolute atomic E-state index is 12.3. The van der Waals surface area contributed by atoms with Gasteiger partial charge < -0.3 is 20.1 Å². The van der Waals surface area contributed by atoms with Crippen molar-refractivity contribution in [1.29, 1.82) is 0 Å². The molecular formula is C18H26N4O4. The molecule has 3 rings (SSSR count). The molecule has 0 saturated carbocycles. The molecule has 8 nitrogen and oxygen atoms in total. The molecule has 8 heteroatoms. The van der Waals surface area contributed by atoms with Crippen molar-refractivity contribution in [2.24, 2.45) is 0 Å². The first kappa shape index (κ1) is 18.8. The van der Waals surface area contributed by atoms with Gasteiger partial charge in [0.05, 0.1) is 19.3 Å². The van der Waals surface area contributed by atoms with Crippen LogP contribution in [0.2, 0.25) is 0 Å². The van der Waals surface area contributed by atoms with E-state index >= 15 is 0 Å². The predicted molar refractivity (Wildman–Crippen MR) is 95.1 cm³/mol. The van der Waals surface area contributed by atoms with Gasteiger partial charge in [0.25, 0.3) is 11.8 Å². The number of nitrogens with one attached hydrogen (secondary N) is 2. The highest BCUT2D eigenvalue weighted by Gasteiger charge is 2.18. The van der Waals surface area contributed by atoms with Crippen LogP contribution in [0.5, 0.6) is 0 Å². The van der Waals surface area contributed by atoms with Gasteiger partial charge in [-0.3, -0.25) is 19.5 Å². The molecule has 2 saturated heterocycles. The second kappa shape index (κ2) is 9.61. The van der Waals surface area contributed by atoms with Gasteiger partial charge in [-0.25, -0.2) is 0 Å². The summed E-state index contributed by atoms with van der Waals surface area (Å²) in [5, 5.41) is 5.70. The van der Waals surface area contributed by atoms with Crippen LogP contribution in [0.25, 0.3) is 0 Å². The Kier molecular flexibility index (Phi) is 6.93. The van der Waals surface area contributed by atoms with Gasteiger partial charge in [0.1, 0.15) is 5.69 Å². The quantitative estimate of drug-likeness (QED) is 0.712. The molecular weight excluding hydrogens is 336 g/mol. The van der Waals surface area contributed by atoms with Crippen LogP contribution < -0.4 is 10.6 Å². The Morgan fingerprint density at radius 1 is 1.19 bits per heavy atom. The first-order chi connectivity index (χ1) is 12.7. The van der Waals surface area contributed by atoms with E-state index in [1.807, 2.05) is 0 Å². The van der Waals surface area contributed by atoms with E-state index in [0.29, 0.717) is 18.7 Å². The Hall–Kier alpha value is -2.03. The average molecular weight is 362 g/mol. The lowest BCUT2D eigenvalue weighted by atomic mass is 10.2. The van der Waals surface area contributed by atoms with Crippen molar-refractivity contribution in [3.05, 3.63) is 29.6 Å². The average Bonchev–Trinajstić information content (AvgIpc) is 3.20. The Labute approximate surface area is 153 Å². The van der Waals surface area contributed by atoms with E-state index < -0.39 is 0 Å². The van der Waals surface area contributed by atoms with Crippen molar-refractivity contribution in [3.8, 4) is 0 Å². The van der Waals surface area contributed by atoms with Crippen molar-refractivity contribution in [1.82, 2.24) is 20.5 Å². The number of amides is 2. The highest BCUT2D eigenvalue weighted by Crippen LogP contribution is 2.11. The fourth-order valence-electron chi connectivity index (χ4n) is 3.05. The summed E-state index contributed by atoms with van der Waals surface area (Å²) in [4.78, 5) is 30.8. The molecule has 1 atom stereocenters. The standard InChI is InChI=1S/C18H26N4O4/c23-17(20-5-6-22-7-10-25-11-8-22)14-3-4-19-16(12-14)18(24)21-13-15-2-1-9-26-15/h3-4,12,15H,1-2,5-11,13H2,(H,20,23)(H,21,24). The summed E-state index contributed by atoms with van der Waals surface area (Å²) in [5.74, 6) is -0.489. The minimum Gasteiger partial charge on any atom is -0.379 e. The zero-order valence-corrected chi connectivity index (χ0v) is 14.9. The Morgan fingerprint density at radius 2 is 2.04 bits per heavy atom. The highest BCUT2D eigenvalue weighted by molar-refractivity contribution is 5.98. The number of hydrogen-bond acceptors (Lipinski definition) is 6. The highest BCUT2D eigenvalue weighted by atomic mass is 16.5. The molecule has 2 fully saturated rings. The summed E-state index contributed by atoms with van der Waals surface area (Å²) in [7, 11) is 0. The molecule has 3 heterocycles. The maximum Gasteiger partial charge on any atom is 0.269 e. The maximum atomic E-state index is 12.3. The molecule has 0 bridgehead atoms. The molecule has 2 aliphatic heterocycles. The van der Waals surface area contributed by atoms with Crippen molar-refractivity contribution < 1.29 is 19.1 Å². The molecule has 2 aliphatic rings. The SMILES string of the molecule is O=C(NCCN1CCOCC1)c1ccnc(C(=O)NCC2CCCO2)c1. The van der Waals surface area contributed by atoms with E-state index in [2.05, 4.69) is 20.5 Å². The number of nitrogens with zero attached hydrogens (tertiary/aromatic N) is 2. The topological polar surface area (TPSA) is 92.8 Å². The van der Waals surface area contributed by atoms with Gasteiger partial charge in [0.2, 0.25) is 0 Å². The number of carbonyl (C=O) groups is 2. The second-order valence-corrected chi connectivity index (χ2v) is 6.48. The molecule has 0 radical (unpaired) electrons. The number of pyridine rings is 1. The van der Waals surface area contributed by atoms with E-state index in [9.17, 15) is 9.59 Å². The minimum absolute atomic E-state index is 0.0746. The van der Waals surface area contributed by atoms with E-state index in [4.69, 9.17) is 9.47 Å². The van der Waals surface area contributed by atoms with Crippen LogP contribution in [0.1, 0.15) is 33.7 Å². The van der Waals surface area contributed by atoms with Gasteiger partial charge in [-0.15, -0.1) is 0 Å². The fourth-order valence-corrected chi connectivity index (χ4v) is 3.05. The third-order valence-corrected chi connectivity index (χ3v) is 4.59. The fraction of sp³-hybridized carbons (Fsp3) is 0.611. The third kappa shape index (κ3) is 5.48. The van der Waals surface area contributed by atoms with Crippen LogP contribution in [0.15, 0.2) is 18.3 Å². The molecule has 2 N–H and O–H groups in total. The summed E-state index contributed by atoms with van der Waals surface area (Å²) in [6.45, 7) is 5.82. The zero-order valence-electron chi connectivity index (χ0n) is 14.9. The zero-order chi connectivity index (χ0) is 18.2. The van der Waals surface area contributed by atoms with Crippen molar-refractivity contribution >= 4 is 11.8 Å². The Balaban J connectivity index is 1.45. The minimum atomic E-state index is -0.288. The summed E-state index contributed by atoms with van der Waals surface area (Å²) in [6, 6.07) is 3.13. The lowest BCUT2D eigenvalue weighted by molar-refractivity contribution is 0.0383. The van der Waals surface area contributed by atoms with Crippen LogP contribution in [0.3, 0.4) is 0 Å². The van der Waals surface area contributed by atoms with Crippen LogP contribution in [-0.4, -0.2) is 80.3 Å². The normalized spacial score (nSPS) is 20.7. The van der Waals surface area contributed by atoms with Gasteiger partial charge in [-0.2, -0.15) is 0 Å². The van der Waals surface area contributed by atoms with Crippen LogP contribution in [0, 0.1) is 0 Å². The van der Waals surface area contributed by atoms with Crippen LogP contribution in [0.4, 0.5) is 0 Å². The molecule has 1 aromatic heterocycles. The molecule has 2 amide bonds. The molecule has 142 valence electrons. The van der Waals surface area contributed by atoms with Gasteiger partial charge in [-0.1, -0.05) is 0 Å². The predicted octanol–water partition coefficient (Wildman–Crippen LogP) is 0.0524. The monoisotopic (exact) mass is 362 g/mol. The Bertz CT molecular complexity index is 613. The van der Waals surface area contributed by atoms with Crippen LogP contribution >= 0.6 is 0 Å². The Morgan fingerprint density at radius 3 is 2.81 bits per heavy atom. The lowest BCUT2D eigenvalue weighted by Gasteiger charge is -2.26. The molecule has 1 unspecified atom stereocenters. The molecule has 1 aromatic rings. The second-order valence-electron chi connectivity index (χ2n) is 6.48. The third-order valence-electron chi connectivity index (χ3n) is 4.59. The number of ether oxygens (including phenoxy) is 2. The van der Waals surface area contributed by atoms with Gasteiger partial charge in [0, 0.05) is 51.1 Å². The number of hydrogen-bond donors (Lipinski definition) is 2. The smallest absolute Gasteiger partial charge is 0.269 e. The van der Waals surface area contributed by atoms with Gasteiger partial charge in [0.15, 0.2) is 0 Å². The van der Waals surface area contributed by atoms with Gasteiger partial charge >= 0.3 is 0 Å². The summed E-state index contributed by atoms with van der Waals surface area (Å²) >= 11 is 0. The van der Waals surface area contributed by atoms with E-state index in [0.717, 1.165) is 52.3 Å². The first-order valence-electron chi connectivity index (χ1n) is 9.16. The van der Waals surface area contributed by atoms with E-state index in [-0.39, 0.29) is 23.6 Å². The van der Waals surface area contributed by atoms with E-state index in [1.165, 1.54) is 12.3 Å². The number of aromatic nitrogens is 1. The largest absolute Gasteiger partial charge is 0.379 e. The lowest BCUT2D eigenvalue weighted by Crippen LogP contribution is -2.41. The van der Waals surface area contributed by atoms with Crippen molar-refractivity contribution in [2.75, 3.05) is 52.5 Å². The van der Waals surface area contributed by atoms with Crippen LogP contribution in [-0.2, 0) is 9.47 Å². The molecule has 26 heavy (non-hydrogen) atoms. The van der Waals surface area contributed by atoms with Gasteiger partial charge in [-0.05, 0) is 25.0 Å². The summed E-state index contributed by atoms with van der Waals surface area (Å²) in [6.07, 6.45) is 3.54. The van der Waals surface area contributed by atoms with Crippen molar-refractivity contribution in [2.45, 2.75) is 18.9 Å². The number of morpholine rings is 1. The van der Waals surface area contributed by atoms with E-state index in [1.54, 1.807) is 6.07 Å².